The summed E-state index contributed by atoms with van der Waals surface area (Å²) in [6, 6.07) is 11.3. The number of cyclic esters (lactones) is 1. The summed E-state index contributed by atoms with van der Waals surface area (Å²) >= 11 is 0. The summed E-state index contributed by atoms with van der Waals surface area (Å²) in [7, 11) is 5.35. The second-order valence-corrected chi connectivity index (χ2v) is 22.5. The van der Waals surface area contributed by atoms with E-state index >= 15 is 0 Å². The molecule has 0 radical (unpaired) electrons. The van der Waals surface area contributed by atoms with E-state index in [9.17, 15) is 30.3 Å². The van der Waals surface area contributed by atoms with Crippen LogP contribution in [0.15, 0.2) is 55.0 Å². The Bertz CT molecular complexity index is 2170. The predicted octanol–water partition coefficient (Wildman–Crippen LogP) is 4.66. The van der Waals surface area contributed by atoms with Gasteiger partial charge in [-0.25, -0.2) is 4.68 Å². The molecular formula is C55H88N6O12. The molecule has 18 nitrogen and oxygen atoms in total. The van der Waals surface area contributed by atoms with Crippen LogP contribution >= 0.6 is 0 Å². The van der Waals surface area contributed by atoms with Crippen LogP contribution in [0.25, 0.3) is 11.1 Å². The quantitative estimate of drug-likeness (QED) is 0.103. The summed E-state index contributed by atoms with van der Waals surface area (Å²) in [4.78, 5) is 22.9. The van der Waals surface area contributed by atoms with Crippen molar-refractivity contribution in [2.75, 3.05) is 40.9 Å². The molecule has 3 fully saturated rings. The van der Waals surface area contributed by atoms with Crippen molar-refractivity contribution in [2.24, 2.45) is 23.7 Å². The first kappa shape index (κ1) is 58.8. The molecule has 0 aliphatic carbocycles. The molecule has 2 aromatic heterocycles. The topological polar surface area (TPSA) is 224 Å². The molecule has 6 rings (SSSR count). The largest absolute Gasteiger partial charge is 0.459 e. The molecule has 18 atom stereocenters. The third-order valence-corrected chi connectivity index (χ3v) is 16.5. The number of rotatable bonds is 15. The highest BCUT2D eigenvalue weighted by molar-refractivity contribution is 5.73. The zero-order valence-electron chi connectivity index (χ0n) is 45.7. The van der Waals surface area contributed by atoms with E-state index in [1.807, 2.05) is 78.1 Å². The third kappa shape index (κ3) is 14.1. The number of methoxy groups -OCH3 is 1. The first-order chi connectivity index (χ1) is 34.4. The lowest BCUT2D eigenvalue weighted by molar-refractivity contribution is -0.302. The minimum absolute atomic E-state index is 0.168. The van der Waals surface area contributed by atoms with Crippen LogP contribution in [0.2, 0.25) is 0 Å². The van der Waals surface area contributed by atoms with Crippen LogP contribution in [0, 0.1) is 23.7 Å². The lowest BCUT2D eigenvalue weighted by Gasteiger charge is -2.51. The molecule has 1 aromatic carbocycles. The van der Waals surface area contributed by atoms with Gasteiger partial charge in [0.2, 0.25) is 0 Å². The summed E-state index contributed by atoms with van der Waals surface area (Å²) in [6.45, 7) is 20.5. The fraction of sp³-hybridized carbons (Fsp3) is 0.745. The second-order valence-electron chi connectivity index (χ2n) is 22.5. The Morgan fingerprint density at radius 3 is 2.32 bits per heavy atom. The van der Waals surface area contributed by atoms with Crippen LogP contribution in [-0.2, 0) is 52.8 Å². The van der Waals surface area contributed by atoms with Gasteiger partial charge in [0, 0.05) is 69.6 Å². The van der Waals surface area contributed by atoms with Gasteiger partial charge in [0.1, 0.15) is 30.0 Å². The molecule has 1 unspecified atom stereocenters. The third-order valence-electron chi connectivity index (χ3n) is 16.5. The van der Waals surface area contributed by atoms with Crippen molar-refractivity contribution < 1.29 is 58.7 Å². The number of benzene rings is 1. The molecule has 3 saturated heterocycles. The average molecular weight is 1030 g/mol. The van der Waals surface area contributed by atoms with Gasteiger partial charge in [0.15, 0.2) is 6.29 Å². The smallest absolute Gasteiger partial charge is 0.309 e. The van der Waals surface area contributed by atoms with Gasteiger partial charge in [-0.05, 0) is 109 Å². The van der Waals surface area contributed by atoms with Crippen molar-refractivity contribution >= 4 is 5.97 Å². The second kappa shape index (κ2) is 25.1. The van der Waals surface area contributed by atoms with E-state index in [1.54, 1.807) is 38.6 Å². The number of aliphatic hydroxyl groups is 5. The monoisotopic (exact) mass is 1020 g/mol. The van der Waals surface area contributed by atoms with Crippen LogP contribution in [0.5, 0.6) is 0 Å². The van der Waals surface area contributed by atoms with Gasteiger partial charge in [0.05, 0.1) is 67.0 Å². The van der Waals surface area contributed by atoms with Gasteiger partial charge in [-0.1, -0.05) is 63.2 Å². The van der Waals surface area contributed by atoms with Gasteiger partial charge in [-0.3, -0.25) is 9.78 Å². The number of aromatic nitrogens is 4. The number of likely N-dealkylation sites (N-methyl/N-ethyl adjacent to an activating group) is 2. The van der Waals surface area contributed by atoms with Crippen molar-refractivity contribution in [3.05, 3.63) is 66.2 Å². The van der Waals surface area contributed by atoms with E-state index in [1.165, 1.54) is 14.0 Å². The van der Waals surface area contributed by atoms with E-state index in [4.69, 9.17) is 28.4 Å². The fourth-order valence-electron chi connectivity index (χ4n) is 11.9. The summed E-state index contributed by atoms with van der Waals surface area (Å²) in [5.74, 6) is -3.11. The van der Waals surface area contributed by atoms with Gasteiger partial charge >= 0.3 is 5.97 Å². The molecule has 5 N–H and O–H groups in total. The Balaban J connectivity index is 1.19. The van der Waals surface area contributed by atoms with Crippen LogP contribution in [-0.4, -0.2) is 186 Å². The Hall–Kier alpha value is -3.50. The van der Waals surface area contributed by atoms with E-state index in [0.717, 1.165) is 22.4 Å². The van der Waals surface area contributed by atoms with Crippen molar-refractivity contribution in [3.8, 4) is 11.1 Å². The summed E-state index contributed by atoms with van der Waals surface area (Å²) < 4.78 is 40.0. The SMILES string of the molecule is CC[C@H]1OC(=O)[C@H](C)[C@@H](C2C[C@@](C)(OC)[C@@H](O)[C@H](C)O2)[C@H](C)[C@@H](O[C@@H]2O[C@H](C)C[C@H](N(C)CCc3cn(CCOCc4ccc(-c5cccnc5)cc4)nn3)[C@H]2O)[C@](C)(O)C[C@@H](C)CN(C)[C@H](C)[C@@H](O)[C@]1(C)O. The number of hydrogen-bond acceptors (Lipinski definition) is 17. The maximum atomic E-state index is 14.6. The van der Waals surface area contributed by atoms with E-state index in [0.29, 0.717) is 45.7 Å². The Labute approximate surface area is 433 Å². The first-order valence-electron chi connectivity index (χ1n) is 26.5. The fourth-order valence-corrected chi connectivity index (χ4v) is 11.9. The van der Waals surface area contributed by atoms with Crippen molar-refractivity contribution in [3.63, 3.8) is 0 Å². The lowest BCUT2D eigenvalue weighted by atomic mass is 9.68. The van der Waals surface area contributed by atoms with Gasteiger partial charge in [-0.15, -0.1) is 5.10 Å². The Morgan fingerprint density at radius 1 is 0.945 bits per heavy atom. The molecule has 3 aliphatic rings. The number of pyridine rings is 1. The molecule has 0 amide bonds. The molecule has 0 spiro atoms. The molecule has 18 heteroatoms. The summed E-state index contributed by atoms with van der Waals surface area (Å²) in [6.07, 6.45) is -1.19. The first-order valence-corrected chi connectivity index (χ1v) is 26.5. The van der Waals surface area contributed by atoms with Gasteiger partial charge < -0.3 is 63.8 Å². The van der Waals surface area contributed by atoms with Crippen LogP contribution in [0.4, 0.5) is 0 Å². The molecule has 5 heterocycles. The minimum atomic E-state index is -1.81. The highest BCUT2D eigenvalue weighted by Gasteiger charge is 2.55. The van der Waals surface area contributed by atoms with E-state index < -0.39 is 102 Å². The molecular weight excluding hydrogens is 937 g/mol. The normalized spacial score (nSPS) is 38.7. The van der Waals surface area contributed by atoms with E-state index in [2.05, 4.69) is 44.5 Å². The Morgan fingerprint density at radius 2 is 1.66 bits per heavy atom. The highest BCUT2D eigenvalue weighted by Crippen LogP contribution is 2.45. The number of carbonyl (C=O) groups excluding carboxylic acids is 1. The number of esters is 1. The number of nitrogens with zero attached hydrogens (tertiary/aromatic N) is 6. The van der Waals surface area contributed by atoms with Crippen molar-refractivity contribution in [1.29, 1.82) is 0 Å². The maximum Gasteiger partial charge on any atom is 0.309 e. The van der Waals surface area contributed by atoms with Crippen LogP contribution in [0.3, 0.4) is 0 Å². The molecule has 73 heavy (non-hydrogen) atoms. The van der Waals surface area contributed by atoms with Crippen molar-refractivity contribution in [2.45, 2.75) is 199 Å². The number of carbonyl (C=O) groups is 1. The van der Waals surface area contributed by atoms with Crippen LogP contribution < -0.4 is 0 Å². The van der Waals surface area contributed by atoms with Crippen molar-refractivity contribution in [1.82, 2.24) is 29.8 Å². The Kier molecular flexibility index (Phi) is 20.2. The lowest BCUT2D eigenvalue weighted by Crippen LogP contribution is -2.62. The molecule has 3 aliphatic heterocycles. The highest BCUT2D eigenvalue weighted by atomic mass is 16.7. The standard InChI is InChI=1S/C55H88N6O12/c1-14-45-55(10,67)48(63)37(6)60(12)30-33(2)27-53(8,66)50(35(4)46(36(5)51(65)72-45)44-28-54(9,68-13)49(64)38(7)71-44)73-52-47(62)43(26-34(3)70-52)59(11)23-21-42-31-61(58-57-42)24-25-69-32-39-17-19-40(20-18-39)41-16-15-22-56-29-41/h15-20,22,29,31,33-38,43-50,52,62-64,66-67H,14,21,23-28,30,32H2,1-13H3/t33-,34-,35+,36-,37-,38+,43+,44?,45-,46+,47-,48-,49+,50-,52+,53-,54-,55-/m1/s1. The number of ether oxygens (including phenoxy) is 6. The minimum Gasteiger partial charge on any atom is -0.459 e. The molecule has 410 valence electrons. The van der Waals surface area contributed by atoms with E-state index in [-0.39, 0.29) is 31.3 Å². The summed E-state index contributed by atoms with van der Waals surface area (Å²) in [5, 5.41) is 68.9. The number of aliphatic hydroxyl groups excluding tert-OH is 3. The van der Waals surface area contributed by atoms with Gasteiger partial charge in [-0.2, -0.15) is 0 Å². The average Bonchev–Trinajstić information content (AvgIpc) is 3.82. The van der Waals surface area contributed by atoms with Gasteiger partial charge in [0.25, 0.3) is 0 Å². The molecule has 0 bridgehead atoms. The maximum absolute atomic E-state index is 14.6. The number of hydrogen-bond donors (Lipinski definition) is 5. The molecule has 3 aromatic rings. The predicted molar refractivity (Wildman–Crippen MR) is 275 cm³/mol. The zero-order chi connectivity index (χ0) is 53.6. The molecule has 0 saturated carbocycles. The zero-order valence-corrected chi connectivity index (χ0v) is 45.7. The summed E-state index contributed by atoms with van der Waals surface area (Å²) in [5.41, 5.74) is -0.414. The van der Waals surface area contributed by atoms with Crippen LogP contribution in [0.1, 0.15) is 106 Å².